The molecule has 0 aliphatic carbocycles. The van der Waals surface area contributed by atoms with Gasteiger partial charge in [-0.05, 0) is 19.1 Å². The van der Waals surface area contributed by atoms with Crippen molar-refractivity contribution in [3.8, 4) is 11.3 Å². The lowest BCUT2D eigenvalue weighted by molar-refractivity contribution is 0.122. The monoisotopic (exact) mass is 254 g/mol. The number of ether oxygens (including phenoxy) is 1. The van der Waals surface area contributed by atoms with Crippen molar-refractivity contribution in [1.82, 2.24) is 4.98 Å². The van der Waals surface area contributed by atoms with Crippen LogP contribution in [0.5, 0.6) is 0 Å². The fraction of sp³-hybridized carbons (Fsp3) is 0.312. The zero-order valence-electron chi connectivity index (χ0n) is 11.2. The molecule has 3 heteroatoms. The van der Waals surface area contributed by atoms with Gasteiger partial charge in [-0.2, -0.15) is 0 Å². The van der Waals surface area contributed by atoms with Gasteiger partial charge < -0.3 is 9.64 Å². The Balaban J connectivity index is 1.96. The molecule has 1 aliphatic heterocycles. The molecule has 1 saturated heterocycles. The van der Waals surface area contributed by atoms with Gasteiger partial charge in [0.1, 0.15) is 0 Å². The molecule has 2 aromatic rings. The number of hydrogen-bond donors (Lipinski definition) is 0. The lowest BCUT2D eigenvalue weighted by Gasteiger charge is -2.29. The van der Waals surface area contributed by atoms with E-state index in [4.69, 9.17) is 4.74 Å². The summed E-state index contributed by atoms with van der Waals surface area (Å²) in [5.41, 5.74) is 4.51. The summed E-state index contributed by atoms with van der Waals surface area (Å²) in [6.45, 7) is 5.58. The number of nitrogens with zero attached hydrogens (tertiary/aromatic N) is 2. The van der Waals surface area contributed by atoms with E-state index in [1.165, 1.54) is 11.3 Å². The first-order valence-corrected chi connectivity index (χ1v) is 6.70. The molecule has 1 aromatic heterocycles. The topological polar surface area (TPSA) is 25.4 Å². The Morgan fingerprint density at radius 1 is 1.05 bits per heavy atom. The first-order valence-electron chi connectivity index (χ1n) is 6.70. The number of anilines is 1. The summed E-state index contributed by atoms with van der Waals surface area (Å²) in [6.07, 6.45) is 0. The lowest BCUT2D eigenvalue weighted by atomic mass is 10.1. The van der Waals surface area contributed by atoms with Crippen LogP contribution in [0.1, 0.15) is 5.69 Å². The van der Waals surface area contributed by atoms with Crippen LogP contribution in [0, 0.1) is 6.92 Å². The second-order valence-electron chi connectivity index (χ2n) is 4.82. The number of aryl methyl sites for hydroxylation is 1. The first-order chi connectivity index (χ1) is 9.33. The molecule has 0 unspecified atom stereocenters. The summed E-state index contributed by atoms with van der Waals surface area (Å²) in [6, 6.07) is 14.7. The minimum atomic E-state index is 0.808. The Morgan fingerprint density at radius 2 is 1.79 bits per heavy atom. The maximum absolute atomic E-state index is 5.41. The van der Waals surface area contributed by atoms with Crippen molar-refractivity contribution in [2.24, 2.45) is 0 Å². The highest BCUT2D eigenvalue weighted by molar-refractivity contribution is 5.65. The van der Waals surface area contributed by atoms with Gasteiger partial charge in [-0.3, -0.25) is 4.98 Å². The van der Waals surface area contributed by atoms with E-state index in [0.29, 0.717) is 0 Å². The summed E-state index contributed by atoms with van der Waals surface area (Å²) in [5, 5.41) is 0. The third-order valence-corrected chi connectivity index (χ3v) is 3.38. The van der Waals surface area contributed by atoms with Gasteiger partial charge in [-0.25, -0.2) is 0 Å². The number of benzene rings is 1. The van der Waals surface area contributed by atoms with Crippen LogP contribution in [-0.4, -0.2) is 31.3 Å². The molecule has 0 radical (unpaired) electrons. The van der Waals surface area contributed by atoms with Crippen LogP contribution in [0.15, 0.2) is 42.5 Å². The highest BCUT2D eigenvalue weighted by Crippen LogP contribution is 2.24. The predicted molar refractivity (Wildman–Crippen MR) is 77.4 cm³/mol. The maximum Gasteiger partial charge on any atom is 0.0725 e. The summed E-state index contributed by atoms with van der Waals surface area (Å²) in [4.78, 5) is 7.01. The zero-order chi connectivity index (χ0) is 13.1. The van der Waals surface area contributed by atoms with Crippen molar-refractivity contribution < 1.29 is 4.74 Å². The fourth-order valence-corrected chi connectivity index (χ4v) is 2.41. The number of hydrogen-bond acceptors (Lipinski definition) is 3. The SMILES string of the molecule is Cc1cc(N2CCOCC2)cc(-c2ccccc2)n1. The molecule has 1 aromatic carbocycles. The number of aromatic nitrogens is 1. The summed E-state index contributed by atoms with van der Waals surface area (Å²) < 4.78 is 5.41. The summed E-state index contributed by atoms with van der Waals surface area (Å²) in [5.74, 6) is 0. The Kier molecular flexibility index (Phi) is 3.47. The Morgan fingerprint density at radius 3 is 2.53 bits per heavy atom. The average molecular weight is 254 g/mol. The Hall–Kier alpha value is -1.87. The van der Waals surface area contributed by atoms with Crippen LogP contribution in [-0.2, 0) is 4.74 Å². The van der Waals surface area contributed by atoms with Crippen LogP contribution >= 0.6 is 0 Å². The summed E-state index contributed by atoms with van der Waals surface area (Å²) >= 11 is 0. The normalized spacial score (nSPS) is 15.5. The molecule has 98 valence electrons. The molecule has 0 amide bonds. The largest absolute Gasteiger partial charge is 0.378 e. The molecule has 3 nitrogen and oxygen atoms in total. The van der Waals surface area contributed by atoms with E-state index in [1.54, 1.807) is 0 Å². The van der Waals surface area contributed by atoms with Crippen LogP contribution in [0.3, 0.4) is 0 Å². The Labute approximate surface area is 113 Å². The highest BCUT2D eigenvalue weighted by atomic mass is 16.5. The van der Waals surface area contributed by atoms with Crippen molar-refractivity contribution in [3.05, 3.63) is 48.2 Å². The predicted octanol–water partition coefficient (Wildman–Crippen LogP) is 2.89. The van der Waals surface area contributed by atoms with Crippen molar-refractivity contribution in [1.29, 1.82) is 0 Å². The van der Waals surface area contributed by atoms with Crippen LogP contribution in [0.2, 0.25) is 0 Å². The van der Waals surface area contributed by atoms with E-state index in [9.17, 15) is 0 Å². The summed E-state index contributed by atoms with van der Waals surface area (Å²) in [7, 11) is 0. The third kappa shape index (κ3) is 2.76. The van der Waals surface area contributed by atoms with Crippen LogP contribution in [0.25, 0.3) is 11.3 Å². The smallest absolute Gasteiger partial charge is 0.0725 e. The van der Waals surface area contributed by atoms with Gasteiger partial charge in [0, 0.05) is 30.0 Å². The van der Waals surface area contributed by atoms with Gasteiger partial charge in [0.2, 0.25) is 0 Å². The van der Waals surface area contributed by atoms with Crippen LogP contribution < -0.4 is 4.90 Å². The molecule has 2 heterocycles. The minimum absolute atomic E-state index is 0.808. The molecular weight excluding hydrogens is 236 g/mol. The number of rotatable bonds is 2. The third-order valence-electron chi connectivity index (χ3n) is 3.38. The molecule has 19 heavy (non-hydrogen) atoms. The average Bonchev–Trinajstić information content (AvgIpc) is 2.48. The van der Waals surface area contributed by atoms with E-state index in [-0.39, 0.29) is 0 Å². The van der Waals surface area contributed by atoms with Gasteiger partial charge in [-0.1, -0.05) is 30.3 Å². The molecule has 0 bridgehead atoms. The molecule has 0 N–H and O–H groups in total. The second-order valence-corrected chi connectivity index (χ2v) is 4.82. The van der Waals surface area contributed by atoms with E-state index >= 15 is 0 Å². The first kappa shape index (κ1) is 12.2. The zero-order valence-corrected chi connectivity index (χ0v) is 11.2. The second kappa shape index (κ2) is 5.41. The molecule has 3 rings (SSSR count). The molecule has 1 fully saturated rings. The Bertz CT molecular complexity index is 548. The van der Waals surface area contributed by atoms with Gasteiger partial charge in [0.15, 0.2) is 0 Å². The fourth-order valence-electron chi connectivity index (χ4n) is 2.41. The van der Waals surface area contributed by atoms with Crippen molar-refractivity contribution in [2.45, 2.75) is 6.92 Å². The molecule has 0 atom stereocenters. The number of morpholine rings is 1. The van der Waals surface area contributed by atoms with Gasteiger partial charge in [-0.15, -0.1) is 0 Å². The molecule has 0 spiro atoms. The van der Waals surface area contributed by atoms with Crippen LogP contribution in [0.4, 0.5) is 5.69 Å². The lowest BCUT2D eigenvalue weighted by Crippen LogP contribution is -2.36. The van der Waals surface area contributed by atoms with Crippen molar-refractivity contribution in [2.75, 3.05) is 31.2 Å². The van der Waals surface area contributed by atoms with Gasteiger partial charge in [0.05, 0.1) is 18.9 Å². The van der Waals surface area contributed by atoms with Crippen molar-refractivity contribution >= 4 is 5.69 Å². The van der Waals surface area contributed by atoms with Gasteiger partial charge in [0.25, 0.3) is 0 Å². The highest BCUT2D eigenvalue weighted by Gasteiger charge is 2.13. The van der Waals surface area contributed by atoms with E-state index in [1.807, 2.05) is 18.2 Å². The van der Waals surface area contributed by atoms with E-state index in [0.717, 1.165) is 37.7 Å². The van der Waals surface area contributed by atoms with E-state index in [2.05, 4.69) is 41.1 Å². The maximum atomic E-state index is 5.41. The quantitative estimate of drug-likeness (QED) is 0.824. The molecule has 1 aliphatic rings. The number of pyridine rings is 1. The standard InChI is InChI=1S/C16H18N2O/c1-13-11-15(18-7-9-19-10-8-18)12-16(17-13)14-5-3-2-4-6-14/h2-6,11-12H,7-10H2,1H3. The molecule has 0 saturated carbocycles. The minimum Gasteiger partial charge on any atom is -0.378 e. The van der Waals surface area contributed by atoms with Crippen molar-refractivity contribution in [3.63, 3.8) is 0 Å². The van der Waals surface area contributed by atoms with E-state index < -0.39 is 0 Å². The molecular formula is C16H18N2O. The van der Waals surface area contributed by atoms with Gasteiger partial charge >= 0.3 is 0 Å².